The van der Waals surface area contributed by atoms with Crippen molar-refractivity contribution in [2.45, 2.75) is 39.2 Å². The number of rotatable bonds is 5. The molecule has 1 aliphatic rings. The van der Waals surface area contributed by atoms with Gasteiger partial charge in [0.15, 0.2) is 11.5 Å². The van der Waals surface area contributed by atoms with Crippen molar-refractivity contribution in [3.05, 3.63) is 23.8 Å². The average molecular weight is 320 g/mol. The lowest BCUT2D eigenvalue weighted by molar-refractivity contribution is -0.134. The third-order valence-electron chi connectivity index (χ3n) is 4.74. The predicted octanol–water partition coefficient (Wildman–Crippen LogP) is 2.22. The molecule has 1 aromatic carbocycles. The van der Waals surface area contributed by atoms with E-state index in [1.54, 1.807) is 14.2 Å². The molecule has 5 heteroatoms. The van der Waals surface area contributed by atoms with Gasteiger partial charge in [0.05, 0.1) is 14.2 Å². The lowest BCUT2D eigenvalue weighted by Crippen LogP contribution is -2.54. The Labute approximate surface area is 138 Å². The van der Waals surface area contributed by atoms with E-state index in [9.17, 15) is 4.79 Å². The van der Waals surface area contributed by atoms with Crippen molar-refractivity contribution in [2.75, 3.05) is 27.3 Å². The van der Waals surface area contributed by atoms with Crippen molar-refractivity contribution >= 4 is 5.91 Å². The molecule has 0 spiro atoms. The van der Waals surface area contributed by atoms with Gasteiger partial charge in [-0.05, 0) is 36.0 Å². The second-order valence-corrected chi connectivity index (χ2v) is 6.89. The van der Waals surface area contributed by atoms with Crippen molar-refractivity contribution in [3.63, 3.8) is 0 Å². The number of methoxy groups -OCH3 is 2. The monoisotopic (exact) mass is 320 g/mol. The number of ether oxygens (including phenoxy) is 2. The van der Waals surface area contributed by atoms with E-state index < -0.39 is 0 Å². The van der Waals surface area contributed by atoms with Gasteiger partial charge in [0.25, 0.3) is 0 Å². The fourth-order valence-corrected chi connectivity index (χ4v) is 3.03. The fraction of sp³-hybridized carbons (Fsp3) is 0.611. The maximum atomic E-state index is 12.5. The quantitative estimate of drug-likeness (QED) is 0.903. The lowest BCUT2D eigenvalue weighted by Gasteiger charge is -2.42. The SMILES string of the molecule is COc1ccc(CCC(=O)N2CCC(N)C(C)(C)C2)cc1OC. The maximum absolute atomic E-state index is 12.5. The van der Waals surface area contributed by atoms with Crippen LogP contribution in [0.5, 0.6) is 11.5 Å². The zero-order chi connectivity index (χ0) is 17.0. The third-order valence-corrected chi connectivity index (χ3v) is 4.74. The molecular weight excluding hydrogens is 292 g/mol. The maximum Gasteiger partial charge on any atom is 0.222 e. The van der Waals surface area contributed by atoms with Gasteiger partial charge in [-0.1, -0.05) is 19.9 Å². The Kier molecular flexibility index (Phi) is 5.52. The molecule has 0 saturated carbocycles. The van der Waals surface area contributed by atoms with E-state index >= 15 is 0 Å². The van der Waals surface area contributed by atoms with Crippen LogP contribution in [0, 0.1) is 5.41 Å². The highest BCUT2D eigenvalue weighted by Gasteiger charge is 2.34. The summed E-state index contributed by atoms with van der Waals surface area (Å²) in [6, 6.07) is 5.95. The van der Waals surface area contributed by atoms with Crippen molar-refractivity contribution in [2.24, 2.45) is 11.1 Å². The first-order valence-electron chi connectivity index (χ1n) is 8.11. The summed E-state index contributed by atoms with van der Waals surface area (Å²) in [7, 11) is 3.23. The number of benzene rings is 1. The van der Waals surface area contributed by atoms with Crippen molar-refractivity contribution < 1.29 is 14.3 Å². The molecule has 0 aliphatic carbocycles. The number of carbonyl (C=O) groups excluding carboxylic acids is 1. The van der Waals surface area contributed by atoms with E-state index in [0.717, 1.165) is 25.1 Å². The minimum absolute atomic E-state index is 0.0166. The molecule has 1 heterocycles. The van der Waals surface area contributed by atoms with Crippen LogP contribution < -0.4 is 15.2 Å². The van der Waals surface area contributed by atoms with E-state index in [1.807, 2.05) is 23.1 Å². The predicted molar refractivity (Wildman–Crippen MR) is 90.8 cm³/mol. The topological polar surface area (TPSA) is 64.8 Å². The van der Waals surface area contributed by atoms with Crippen LogP contribution >= 0.6 is 0 Å². The lowest BCUT2D eigenvalue weighted by atomic mass is 9.79. The van der Waals surface area contributed by atoms with E-state index in [2.05, 4.69) is 13.8 Å². The second kappa shape index (κ2) is 7.21. The number of carbonyl (C=O) groups is 1. The van der Waals surface area contributed by atoms with Gasteiger partial charge in [-0.25, -0.2) is 0 Å². The largest absolute Gasteiger partial charge is 0.493 e. The first-order valence-corrected chi connectivity index (χ1v) is 8.11. The van der Waals surface area contributed by atoms with Crippen LogP contribution in [-0.4, -0.2) is 44.2 Å². The number of nitrogens with zero attached hydrogens (tertiary/aromatic N) is 1. The van der Waals surface area contributed by atoms with Gasteiger partial charge in [-0.15, -0.1) is 0 Å². The standard InChI is InChI=1S/C18H28N2O3/c1-18(2)12-20(10-9-16(18)19)17(21)8-6-13-5-7-14(22-3)15(11-13)23-4/h5,7,11,16H,6,8-10,12,19H2,1-4H3. The molecule has 0 aromatic heterocycles. The summed E-state index contributed by atoms with van der Waals surface area (Å²) in [6.07, 6.45) is 2.07. The second-order valence-electron chi connectivity index (χ2n) is 6.89. The van der Waals surface area contributed by atoms with E-state index in [1.165, 1.54) is 0 Å². The summed E-state index contributed by atoms with van der Waals surface area (Å²) in [5.74, 6) is 1.59. The molecule has 23 heavy (non-hydrogen) atoms. The third kappa shape index (κ3) is 4.16. The first kappa shape index (κ1) is 17.6. The number of piperidine rings is 1. The van der Waals surface area contributed by atoms with Gasteiger partial charge in [-0.3, -0.25) is 4.79 Å². The molecule has 1 aromatic rings. The van der Waals surface area contributed by atoms with Gasteiger partial charge in [0, 0.05) is 25.6 Å². The van der Waals surface area contributed by atoms with Gasteiger partial charge in [0.1, 0.15) is 0 Å². The summed E-state index contributed by atoms with van der Waals surface area (Å²) in [5, 5.41) is 0. The number of aryl methyl sites for hydroxylation is 1. The van der Waals surface area contributed by atoms with Crippen molar-refractivity contribution in [3.8, 4) is 11.5 Å². The van der Waals surface area contributed by atoms with Crippen LogP contribution in [0.25, 0.3) is 0 Å². The Morgan fingerprint density at radius 3 is 2.61 bits per heavy atom. The number of nitrogens with two attached hydrogens (primary N) is 1. The minimum atomic E-state index is -0.0166. The Bertz CT molecular complexity index is 557. The fourth-order valence-electron chi connectivity index (χ4n) is 3.03. The summed E-state index contributed by atoms with van der Waals surface area (Å²) in [6.45, 7) is 5.76. The molecule has 2 rings (SSSR count). The van der Waals surface area contributed by atoms with Crippen molar-refractivity contribution in [1.29, 1.82) is 0 Å². The smallest absolute Gasteiger partial charge is 0.222 e. The highest BCUT2D eigenvalue weighted by atomic mass is 16.5. The first-order chi connectivity index (χ1) is 10.9. The highest BCUT2D eigenvalue weighted by molar-refractivity contribution is 5.76. The van der Waals surface area contributed by atoms with Gasteiger partial charge < -0.3 is 20.1 Å². The average Bonchev–Trinajstić information content (AvgIpc) is 2.54. The number of hydrogen-bond donors (Lipinski definition) is 1. The zero-order valence-electron chi connectivity index (χ0n) is 14.6. The van der Waals surface area contributed by atoms with Gasteiger partial charge in [0.2, 0.25) is 5.91 Å². The molecule has 2 N–H and O–H groups in total. The molecule has 1 aliphatic heterocycles. The van der Waals surface area contributed by atoms with Crippen molar-refractivity contribution in [1.82, 2.24) is 4.90 Å². The summed E-state index contributed by atoms with van der Waals surface area (Å²) >= 11 is 0. The summed E-state index contributed by atoms with van der Waals surface area (Å²) in [5.41, 5.74) is 7.19. The van der Waals surface area contributed by atoms with E-state index in [0.29, 0.717) is 24.3 Å². The molecule has 1 unspecified atom stereocenters. The molecule has 1 amide bonds. The Morgan fingerprint density at radius 2 is 2.00 bits per heavy atom. The van der Waals surface area contributed by atoms with Crippen LogP contribution in [0.3, 0.4) is 0 Å². The molecular formula is C18H28N2O3. The number of likely N-dealkylation sites (tertiary alicyclic amines) is 1. The molecule has 1 saturated heterocycles. The zero-order valence-corrected chi connectivity index (χ0v) is 14.6. The number of amides is 1. The molecule has 0 bridgehead atoms. The van der Waals surface area contributed by atoms with E-state index in [4.69, 9.17) is 15.2 Å². The Hall–Kier alpha value is -1.75. The van der Waals surface area contributed by atoms with Gasteiger partial charge in [-0.2, -0.15) is 0 Å². The normalized spacial score (nSPS) is 20.2. The molecule has 1 atom stereocenters. The number of hydrogen-bond acceptors (Lipinski definition) is 4. The van der Waals surface area contributed by atoms with Crippen LogP contribution in [0.15, 0.2) is 18.2 Å². The summed E-state index contributed by atoms with van der Waals surface area (Å²) < 4.78 is 10.5. The highest BCUT2D eigenvalue weighted by Crippen LogP contribution is 2.29. The van der Waals surface area contributed by atoms with Crippen LogP contribution in [0.1, 0.15) is 32.3 Å². The summed E-state index contributed by atoms with van der Waals surface area (Å²) in [4.78, 5) is 14.4. The van der Waals surface area contributed by atoms with Crippen LogP contribution in [0.2, 0.25) is 0 Å². The molecule has 0 radical (unpaired) electrons. The van der Waals surface area contributed by atoms with Crippen LogP contribution in [0.4, 0.5) is 0 Å². The molecule has 5 nitrogen and oxygen atoms in total. The van der Waals surface area contributed by atoms with Crippen LogP contribution in [-0.2, 0) is 11.2 Å². The minimum Gasteiger partial charge on any atom is -0.493 e. The van der Waals surface area contributed by atoms with Gasteiger partial charge >= 0.3 is 0 Å². The molecule has 1 fully saturated rings. The van der Waals surface area contributed by atoms with E-state index in [-0.39, 0.29) is 17.4 Å². The Balaban J connectivity index is 1.94. The molecule has 128 valence electrons. The Morgan fingerprint density at radius 1 is 1.30 bits per heavy atom.